The fourth-order valence-electron chi connectivity index (χ4n) is 2.17. The molecular formula is C14H26N4O. The van der Waals surface area contributed by atoms with E-state index in [2.05, 4.69) is 17.0 Å². The van der Waals surface area contributed by atoms with E-state index >= 15 is 0 Å². The summed E-state index contributed by atoms with van der Waals surface area (Å²) < 4.78 is 1.96. The van der Waals surface area contributed by atoms with E-state index in [1.54, 1.807) is 4.90 Å². The number of nitrogens with zero attached hydrogens (tertiary/aromatic N) is 4. The van der Waals surface area contributed by atoms with Crippen LogP contribution in [0.1, 0.15) is 43.9 Å². The highest BCUT2D eigenvalue weighted by molar-refractivity contribution is 5.92. The first-order chi connectivity index (χ1) is 9.15. The van der Waals surface area contributed by atoms with Crippen LogP contribution < -0.4 is 0 Å². The summed E-state index contributed by atoms with van der Waals surface area (Å²) in [5, 5.41) is 4.40. The quantitative estimate of drug-likeness (QED) is 0.838. The molecule has 1 aromatic heterocycles. The van der Waals surface area contributed by atoms with Crippen molar-refractivity contribution in [1.29, 1.82) is 0 Å². The lowest BCUT2D eigenvalue weighted by Crippen LogP contribution is -2.31. The Hall–Kier alpha value is -1.36. The summed E-state index contributed by atoms with van der Waals surface area (Å²) in [5.74, 6) is 0.0413. The maximum atomic E-state index is 12.1. The van der Waals surface area contributed by atoms with Crippen molar-refractivity contribution in [2.75, 3.05) is 26.7 Å². The largest absolute Gasteiger partial charge is 0.338 e. The van der Waals surface area contributed by atoms with Crippen LogP contribution >= 0.6 is 0 Å². The Bertz CT molecular complexity index is 410. The Morgan fingerprint density at radius 1 is 1.32 bits per heavy atom. The molecule has 0 radical (unpaired) electrons. The Kier molecular flexibility index (Phi) is 6.02. The summed E-state index contributed by atoms with van der Waals surface area (Å²) in [6, 6.07) is 1.93. The second kappa shape index (κ2) is 7.28. The van der Waals surface area contributed by atoms with Gasteiger partial charge in [0.05, 0.1) is 12.2 Å². The SMILES string of the molecule is CC.CCN(CC)C(=O)c1cc2n(n1)CCN(C)C2. The van der Waals surface area contributed by atoms with Crippen molar-refractivity contribution >= 4 is 5.91 Å². The molecular weight excluding hydrogens is 240 g/mol. The predicted molar refractivity (Wildman–Crippen MR) is 77.2 cm³/mol. The van der Waals surface area contributed by atoms with Crippen LogP contribution in [0.2, 0.25) is 0 Å². The number of likely N-dealkylation sites (N-methyl/N-ethyl adjacent to an activating group) is 1. The Morgan fingerprint density at radius 3 is 2.53 bits per heavy atom. The zero-order valence-corrected chi connectivity index (χ0v) is 12.8. The summed E-state index contributed by atoms with van der Waals surface area (Å²) >= 11 is 0. The van der Waals surface area contributed by atoms with Gasteiger partial charge >= 0.3 is 0 Å². The highest BCUT2D eigenvalue weighted by atomic mass is 16.2. The Morgan fingerprint density at radius 2 is 1.95 bits per heavy atom. The van der Waals surface area contributed by atoms with Crippen molar-refractivity contribution < 1.29 is 4.79 Å². The fourth-order valence-corrected chi connectivity index (χ4v) is 2.17. The normalized spacial score (nSPS) is 14.4. The van der Waals surface area contributed by atoms with Crippen molar-refractivity contribution in [2.45, 2.75) is 40.8 Å². The Labute approximate surface area is 116 Å². The molecule has 0 N–H and O–H groups in total. The highest BCUT2D eigenvalue weighted by Crippen LogP contribution is 2.13. The van der Waals surface area contributed by atoms with Crippen LogP contribution in [0.3, 0.4) is 0 Å². The van der Waals surface area contributed by atoms with Gasteiger partial charge in [-0.15, -0.1) is 0 Å². The van der Waals surface area contributed by atoms with Crippen molar-refractivity contribution in [1.82, 2.24) is 19.6 Å². The molecule has 0 bridgehead atoms. The topological polar surface area (TPSA) is 41.4 Å². The maximum absolute atomic E-state index is 12.1. The number of hydrogen-bond donors (Lipinski definition) is 0. The van der Waals surface area contributed by atoms with Gasteiger partial charge in [-0.2, -0.15) is 5.10 Å². The van der Waals surface area contributed by atoms with Gasteiger partial charge in [0.15, 0.2) is 5.69 Å². The second-order valence-corrected chi connectivity index (χ2v) is 4.46. The van der Waals surface area contributed by atoms with E-state index < -0.39 is 0 Å². The lowest BCUT2D eigenvalue weighted by atomic mass is 10.3. The van der Waals surface area contributed by atoms with Crippen LogP contribution in [-0.4, -0.2) is 52.2 Å². The second-order valence-electron chi connectivity index (χ2n) is 4.46. The molecule has 0 spiro atoms. The van der Waals surface area contributed by atoms with Gasteiger partial charge in [-0.1, -0.05) is 13.8 Å². The standard InChI is InChI=1S/C12H20N4O.C2H6/c1-4-15(5-2)12(17)11-8-10-9-14(3)6-7-16(10)13-11;1-2/h8H,4-7,9H2,1-3H3;1-2H3. The molecule has 2 heterocycles. The molecule has 1 amide bonds. The van der Waals surface area contributed by atoms with Gasteiger partial charge in [0.25, 0.3) is 5.91 Å². The summed E-state index contributed by atoms with van der Waals surface area (Å²) in [5.41, 5.74) is 1.72. The third-order valence-corrected chi connectivity index (χ3v) is 3.26. The van der Waals surface area contributed by atoms with Crippen LogP contribution in [0, 0.1) is 0 Å². The third kappa shape index (κ3) is 3.56. The number of hydrogen-bond acceptors (Lipinski definition) is 3. The van der Waals surface area contributed by atoms with Gasteiger partial charge < -0.3 is 4.90 Å². The van der Waals surface area contributed by atoms with Crippen molar-refractivity contribution in [3.8, 4) is 0 Å². The molecule has 0 aliphatic carbocycles. The summed E-state index contributed by atoms with van der Waals surface area (Å²) in [7, 11) is 2.09. The van der Waals surface area contributed by atoms with E-state index in [1.165, 1.54) is 0 Å². The highest BCUT2D eigenvalue weighted by Gasteiger charge is 2.21. The average Bonchev–Trinajstić information content (AvgIpc) is 2.85. The molecule has 0 fully saturated rings. The van der Waals surface area contributed by atoms with E-state index in [4.69, 9.17) is 0 Å². The number of amides is 1. The lowest BCUT2D eigenvalue weighted by molar-refractivity contribution is 0.0766. The lowest BCUT2D eigenvalue weighted by Gasteiger charge is -2.22. The smallest absolute Gasteiger partial charge is 0.274 e. The zero-order valence-electron chi connectivity index (χ0n) is 12.8. The molecule has 0 unspecified atom stereocenters. The molecule has 5 nitrogen and oxygen atoms in total. The van der Waals surface area contributed by atoms with E-state index in [1.807, 2.05) is 38.4 Å². The van der Waals surface area contributed by atoms with Gasteiger partial charge in [0.1, 0.15) is 0 Å². The number of fused-ring (bicyclic) bond motifs is 1. The first kappa shape index (κ1) is 15.7. The fraction of sp³-hybridized carbons (Fsp3) is 0.714. The molecule has 0 saturated heterocycles. The van der Waals surface area contributed by atoms with E-state index in [9.17, 15) is 4.79 Å². The van der Waals surface area contributed by atoms with Crippen LogP contribution in [-0.2, 0) is 13.1 Å². The molecule has 1 aliphatic heterocycles. The minimum absolute atomic E-state index is 0.0413. The van der Waals surface area contributed by atoms with Crippen molar-refractivity contribution in [3.05, 3.63) is 17.5 Å². The summed E-state index contributed by atoms with van der Waals surface area (Å²) in [4.78, 5) is 16.2. The predicted octanol–water partition coefficient (Wildman–Crippen LogP) is 1.84. The van der Waals surface area contributed by atoms with Gasteiger partial charge in [-0.25, -0.2) is 0 Å². The minimum Gasteiger partial charge on any atom is -0.338 e. The van der Waals surface area contributed by atoms with Crippen LogP contribution in [0.25, 0.3) is 0 Å². The number of carbonyl (C=O) groups is 1. The van der Waals surface area contributed by atoms with Crippen molar-refractivity contribution in [2.24, 2.45) is 0 Å². The van der Waals surface area contributed by atoms with Crippen molar-refractivity contribution in [3.63, 3.8) is 0 Å². The molecule has 1 aromatic rings. The van der Waals surface area contributed by atoms with E-state index in [0.29, 0.717) is 5.69 Å². The van der Waals surface area contributed by atoms with Gasteiger partial charge in [-0.05, 0) is 27.0 Å². The molecule has 19 heavy (non-hydrogen) atoms. The first-order valence-corrected chi connectivity index (χ1v) is 7.20. The molecule has 5 heteroatoms. The molecule has 2 rings (SSSR count). The van der Waals surface area contributed by atoms with E-state index in [-0.39, 0.29) is 5.91 Å². The van der Waals surface area contributed by atoms with Gasteiger partial charge in [0, 0.05) is 26.2 Å². The van der Waals surface area contributed by atoms with Gasteiger partial charge in [0.2, 0.25) is 0 Å². The monoisotopic (exact) mass is 266 g/mol. The molecule has 0 aromatic carbocycles. The number of carbonyl (C=O) groups excluding carboxylic acids is 1. The van der Waals surface area contributed by atoms with Crippen LogP contribution in [0.4, 0.5) is 0 Å². The average molecular weight is 266 g/mol. The summed E-state index contributed by atoms with van der Waals surface area (Å²) in [6.45, 7) is 12.2. The van der Waals surface area contributed by atoms with E-state index in [0.717, 1.165) is 38.4 Å². The molecule has 1 aliphatic rings. The number of rotatable bonds is 3. The first-order valence-electron chi connectivity index (χ1n) is 7.20. The zero-order chi connectivity index (χ0) is 14.4. The molecule has 0 saturated carbocycles. The third-order valence-electron chi connectivity index (χ3n) is 3.26. The molecule has 108 valence electrons. The minimum atomic E-state index is 0.0413. The van der Waals surface area contributed by atoms with Gasteiger partial charge in [-0.3, -0.25) is 14.4 Å². The Balaban J connectivity index is 0.000000861. The summed E-state index contributed by atoms with van der Waals surface area (Å²) in [6.07, 6.45) is 0. The van der Waals surface area contributed by atoms with Crippen LogP contribution in [0.15, 0.2) is 6.07 Å². The van der Waals surface area contributed by atoms with Crippen LogP contribution in [0.5, 0.6) is 0 Å². The molecule has 0 atom stereocenters. The maximum Gasteiger partial charge on any atom is 0.274 e. The number of aromatic nitrogens is 2.